The number of hydrogen-bond acceptors (Lipinski definition) is 1. The summed E-state index contributed by atoms with van der Waals surface area (Å²) in [5, 5.41) is 4.22. The molecule has 1 nitrogen and oxygen atoms in total. The van der Waals surface area contributed by atoms with Gasteiger partial charge in [-0.05, 0) is 62.5 Å². The van der Waals surface area contributed by atoms with E-state index in [1.807, 2.05) is 0 Å². The standard InChI is InChI=1S/C25H32OPSi/c1-5-15-25(26-28(2,3)4)27(22-16-9-6-10-17-22,23-18-11-7-12-19-23)24-20-13-8-14-21-24/h6-14,16-21,25H,5,15H2,1-4H3/q+1. The van der Waals surface area contributed by atoms with E-state index >= 15 is 0 Å². The van der Waals surface area contributed by atoms with Gasteiger partial charge in [0.25, 0.3) is 0 Å². The molecule has 0 radical (unpaired) electrons. The molecular weight excluding hydrogens is 375 g/mol. The van der Waals surface area contributed by atoms with E-state index in [0.717, 1.165) is 12.8 Å². The van der Waals surface area contributed by atoms with Crippen molar-refractivity contribution >= 4 is 31.5 Å². The van der Waals surface area contributed by atoms with Crippen LogP contribution in [-0.4, -0.2) is 14.2 Å². The highest BCUT2D eigenvalue weighted by molar-refractivity contribution is 7.96. The second kappa shape index (κ2) is 9.18. The topological polar surface area (TPSA) is 9.23 Å². The van der Waals surface area contributed by atoms with Gasteiger partial charge in [0.05, 0.1) is 0 Å². The average Bonchev–Trinajstić information content (AvgIpc) is 2.70. The summed E-state index contributed by atoms with van der Waals surface area (Å²) in [7, 11) is -3.70. The summed E-state index contributed by atoms with van der Waals surface area (Å²) in [5.74, 6) is 0.191. The quantitative estimate of drug-likeness (QED) is 0.331. The van der Waals surface area contributed by atoms with E-state index in [2.05, 4.69) is 118 Å². The van der Waals surface area contributed by atoms with E-state index in [4.69, 9.17) is 4.43 Å². The van der Waals surface area contributed by atoms with Crippen molar-refractivity contribution in [2.24, 2.45) is 0 Å². The summed E-state index contributed by atoms with van der Waals surface area (Å²) in [5.41, 5.74) is 0. The van der Waals surface area contributed by atoms with Crippen LogP contribution in [0.1, 0.15) is 19.8 Å². The maximum Gasteiger partial charge on any atom is 0.188 e. The molecule has 0 N–H and O–H groups in total. The van der Waals surface area contributed by atoms with Crippen molar-refractivity contribution < 1.29 is 4.43 Å². The summed E-state index contributed by atoms with van der Waals surface area (Å²) in [4.78, 5) is 0. The van der Waals surface area contributed by atoms with Crippen molar-refractivity contribution in [3.05, 3.63) is 91.0 Å². The van der Waals surface area contributed by atoms with E-state index in [-0.39, 0.29) is 5.85 Å². The monoisotopic (exact) mass is 407 g/mol. The molecule has 3 heteroatoms. The molecule has 0 aliphatic rings. The third-order valence-electron chi connectivity index (χ3n) is 4.95. The molecule has 3 aromatic rings. The minimum atomic E-state index is -1.96. The predicted molar refractivity (Wildman–Crippen MR) is 128 cm³/mol. The lowest BCUT2D eigenvalue weighted by Gasteiger charge is -2.37. The van der Waals surface area contributed by atoms with Crippen LogP contribution < -0.4 is 15.9 Å². The lowest BCUT2D eigenvalue weighted by molar-refractivity contribution is 0.263. The first-order valence-electron chi connectivity index (χ1n) is 10.2. The highest BCUT2D eigenvalue weighted by atomic mass is 31.2. The molecule has 0 aliphatic heterocycles. The Bertz CT molecular complexity index is 747. The Morgan fingerprint density at radius 3 is 1.32 bits per heavy atom. The smallest absolute Gasteiger partial charge is 0.188 e. The van der Waals surface area contributed by atoms with Gasteiger partial charge in [-0.15, -0.1) is 0 Å². The zero-order chi connectivity index (χ0) is 20.0. The van der Waals surface area contributed by atoms with Gasteiger partial charge in [0.1, 0.15) is 23.2 Å². The second-order valence-corrected chi connectivity index (χ2v) is 16.2. The normalized spacial score (nSPS) is 13.3. The van der Waals surface area contributed by atoms with E-state index < -0.39 is 15.6 Å². The first kappa shape index (κ1) is 21.0. The van der Waals surface area contributed by atoms with E-state index in [0.29, 0.717) is 0 Å². The highest BCUT2D eigenvalue weighted by Crippen LogP contribution is 2.61. The fraction of sp³-hybridized carbons (Fsp3) is 0.280. The van der Waals surface area contributed by atoms with Gasteiger partial charge in [0.2, 0.25) is 0 Å². The molecule has 1 unspecified atom stereocenters. The molecular formula is C25H32OPSi+. The van der Waals surface area contributed by atoms with Gasteiger partial charge >= 0.3 is 0 Å². The van der Waals surface area contributed by atoms with Crippen LogP contribution in [0.5, 0.6) is 0 Å². The van der Waals surface area contributed by atoms with Crippen molar-refractivity contribution in [3.8, 4) is 0 Å². The number of rotatable bonds is 8. The molecule has 0 saturated heterocycles. The molecule has 0 aliphatic carbocycles. The average molecular weight is 408 g/mol. The van der Waals surface area contributed by atoms with E-state index in [9.17, 15) is 0 Å². The zero-order valence-electron chi connectivity index (χ0n) is 17.5. The first-order chi connectivity index (χ1) is 13.5. The Balaban J connectivity index is 2.36. The second-order valence-electron chi connectivity index (χ2n) is 8.20. The van der Waals surface area contributed by atoms with Crippen molar-refractivity contribution in [2.75, 3.05) is 0 Å². The van der Waals surface area contributed by atoms with Crippen LogP contribution in [0, 0.1) is 0 Å². The van der Waals surface area contributed by atoms with Gasteiger partial charge in [0, 0.05) is 6.42 Å². The van der Waals surface area contributed by atoms with Gasteiger partial charge in [-0.2, -0.15) is 0 Å². The highest BCUT2D eigenvalue weighted by Gasteiger charge is 2.53. The maximum atomic E-state index is 7.00. The van der Waals surface area contributed by atoms with Crippen LogP contribution in [-0.2, 0) is 4.43 Å². The Morgan fingerprint density at radius 1 is 0.679 bits per heavy atom. The Hall–Kier alpha value is -1.73. The van der Waals surface area contributed by atoms with E-state index in [1.54, 1.807) is 0 Å². The van der Waals surface area contributed by atoms with Gasteiger partial charge in [0.15, 0.2) is 14.2 Å². The summed E-state index contributed by atoms with van der Waals surface area (Å²) in [6.45, 7) is 9.21. The maximum absolute atomic E-state index is 7.00. The molecule has 1 atom stereocenters. The van der Waals surface area contributed by atoms with Crippen LogP contribution in [0.3, 0.4) is 0 Å². The molecule has 0 aromatic heterocycles. The van der Waals surface area contributed by atoms with Gasteiger partial charge < -0.3 is 4.43 Å². The van der Waals surface area contributed by atoms with Crippen molar-refractivity contribution in [1.82, 2.24) is 0 Å². The van der Waals surface area contributed by atoms with Crippen molar-refractivity contribution in [3.63, 3.8) is 0 Å². The molecule has 3 aromatic carbocycles. The molecule has 0 saturated carbocycles. The predicted octanol–water partition coefficient (Wildman–Crippen LogP) is 5.96. The molecule has 0 fully saturated rings. The van der Waals surface area contributed by atoms with Crippen LogP contribution in [0.2, 0.25) is 19.6 Å². The SMILES string of the molecule is CCCC(O[Si](C)(C)C)[P+](c1ccccc1)(c1ccccc1)c1ccccc1. The summed E-state index contributed by atoms with van der Waals surface area (Å²) < 4.78 is 7.00. The Labute approximate surface area is 172 Å². The molecule has 3 rings (SSSR count). The minimum absolute atomic E-state index is 0.191. The minimum Gasteiger partial charge on any atom is -0.384 e. The van der Waals surface area contributed by atoms with Gasteiger partial charge in [-0.3, -0.25) is 0 Å². The van der Waals surface area contributed by atoms with Crippen LogP contribution in [0.15, 0.2) is 91.0 Å². The number of benzene rings is 3. The lowest BCUT2D eigenvalue weighted by atomic mass is 10.3. The van der Waals surface area contributed by atoms with E-state index in [1.165, 1.54) is 15.9 Å². The number of hydrogen-bond donors (Lipinski definition) is 0. The van der Waals surface area contributed by atoms with Crippen LogP contribution in [0.4, 0.5) is 0 Å². The van der Waals surface area contributed by atoms with Crippen molar-refractivity contribution in [2.45, 2.75) is 45.3 Å². The Morgan fingerprint density at radius 2 is 1.04 bits per heavy atom. The third kappa shape index (κ3) is 4.46. The van der Waals surface area contributed by atoms with Crippen LogP contribution in [0.25, 0.3) is 0 Å². The van der Waals surface area contributed by atoms with Crippen LogP contribution >= 0.6 is 7.26 Å². The fourth-order valence-electron chi connectivity index (χ4n) is 3.92. The molecule has 0 bridgehead atoms. The van der Waals surface area contributed by atoms with Gasteiger partial charge in [-0.25, -0.2) is 0 Å². The molecule has 0 heterocycles. The Kier molecular flexibility index (Phi) is 6.88. The summed E-state index contributed by atoms with van der Waals surface area (Å²) >= 11 is 0. The molecule has 28 heavy (non-hydrogen) atoms. The third-order valence-corrected chi connectivity index (χ3v) is 10.7. The molecule has 0 spiro atoms. The van der Waals surface area contributed by atoms with Crippen molar-refractivity contribution in [1.29, 1.82) is 0 Å². The summed E-state index contributed by atoms with van der Waals surface area (Å²) in [6.07, 6.45) is 2.18. The molecule has 146 valence electrons. The lowest BCUT2D eigenvalue weighted by Crippen LogP contribution is -2.44. The first-order valence-corrected chi connectivity index (χ1v) is 15.5. The van der Waals surface area contributed by atoms with Gasteiger partial charge in [-0.1, -0.05) is 61.5 Å². The largest absolute Gasteiger partial charge is 0.384 e. The summed E-state index contributed by atoms with van der Waals surface area (Å²) in [6, 6.07) is 33.2. The molecule has 0 amide bonds. The fourth-order valence-corrected chi connectivity index (χ4v) is 10.9. The zero-order valence-corrected chi connectivity index (χ0v) is 19.4.